The molecule has 1 saturated heterocycles. The maximum atomic E-state index is 6.37. The highest BCUT2D eigenvalue weighted by Gasteiger charge is 2.33. The van der Waals surface area contributed by atoms with Crippen molar-refractivity contribution in [3.63, 3.8) is 0 Å². The standard InChI is InChI=1S/C15H20ClNO2S/c1-15(2)3-6-20-9-14(15)17-11-8-13-12(7-10(11)16)18-4-5-19-13/h7-8,14,17H,3-6,9H2,1-2H3. The second kappa shape index (κ2) is 5.57. The number of hydrogen-bond donors (Lipinski definition) is 1. The summed E-state index contributed by atoms with van der Waals surface area (Å²) in [5.74, 6) is 3.87. The van der Waals surface area contributed by atoms with Gasteiger partial charge in [0.15, 0.2) is 11.5 Å². The highest BCUT2D eigenvalue weighted by atomic mass is 35.5. The Morgan fingerprint density at radius 3 is 2.65 bits per heavy atom. The number of nitrogens with one attached hydrogen (secondary N) is 1. The summed E-state index contributed by atoms with van der Waals surface area (Å²) < 4.78 is 11.2. The van der Waals surface area contributed by atoms with Crippen molar-refractivity contribution in [2.45, 2.75) is 26.3 Å². The third-order valence-corrected chi connectivity index (χ3v) is 5.45. The number of fused-ring (bicyclic) bond motifs is 1. The Labute approximate surface area is 129 Å². The van der Waals surface area contributed by atoms with Crippen molar-refractivity contribution in [1.82, 2.24) is 0 Å². The van der Waals surface area contributed by atoms with E-state index < -0.39 is 0 Å². The monoisotopic (exact) mass is 313 g/mol. The minimum absolute atomic E-state index is 0.280. The molecule has 0 spiro atoms. The van der Waals surface area contributed by atoms with Crippen LogP contribution in [0, 0.1) is 5.41 Å². The molecule has 1 aromatic rings. The molecule has 110 valence electrons. The molecule has 0 bridgehead atoms. The van der Waals surface area contributed by atoms with E-state index in [4.69, 9.17) is 21.1 Å². The van der Waals surface area contributed by atoms with E-state index >= 15 is 0 Å². The molecule has 20 heavy (non-hydrogen) atoms. The number of benzene rings is 1. The average Bonchev–Trinajstić information content (AvgIpc) is 2.41. The zero-order valence-corrected chi connectivity index (χ0v) is 13.4. The molecule has 2 aliphatic heterocycles. The lowest BCUT2D eigenvalue weighted by Crippen LogP contribution is -2.41. The van der Waals surface area contributed by atoms with Gasteiger partial charge in [-0.3, -0.25) is 0 Å². The maximum Gasteiger partial charge on any atom is 0.163 e. The van der Waals surface area contributed by atoms with E-state index in [2.05, 4.69) is 19.2 Å². The fraction of sp³-hybridized carbons (Fsp3) is 0.600. The molecule has 3 rings (SSSR count). The molecule has 0 radical (unpaired) electrons. The van der Waals surface area contributed by atoms with Gasteiger partial charge in [0.05, 0.1) is 10.7 Å². The van der Waals surface area contributed by atoms with Gasteiger partial charge in [0.1, 0.15) is 13.2 Å². The first kappa shape index (κ1) is 14.2. The van der Waals surface area contributed by atoms with Crippen LogP contribution in [0.25, 0.3) is 0 Å². The summed E-state index contributed by atoms with van der Waals surface area (Å²) in [6.45, 7) is 5.81. The molecule has 0 amide bonds. The van der Waals surface area contributed by atoms with Gasteiger partial charge in [-0.15, -0.1) is 0 Å². The number of anilines is 1. The van der Waals surface area contributed by atoms with Gasteiger partial charge >= 0.3 is 0 Å². The summed E-state index contributed by atoms with van der Waals surface area (Å²) in [5.41, 5.74) is 1.22. The van der Waals surface area contributed by atoms with Crippen molar-refractivity contribution in [2.24, 2.45) is 5.41 Å². The van der Waals surface area contributed by atoms with Crippen molar-refractivity contribution >= 4 is 29.1 Å². The fourth-order valence-electron chi connectivity index (χ4n) is 2.54. The van der Waals surface area contributed by atoms with Gasteiger partial charge in [-0.25, -0.2) is 0 Å². The van der Waals surface area contributed by atoms with Crippen LogP contribution in [0.15, 0.2) is 12.1 Å². The largest absolute Gasteiger partial charge is 0.486 e. The molecule has 1 fully saturated rings. The van der Waals surface area contributed by atoms with Crippen molar-refractivity contribution in [2.75, 3.05) is 30.0 Å². The first-order valence-electron chi connectivity index (χ1n) is 7.00. The maximum absolute atomic E-state index is 6.37. The van der Waals surface area contributed by atoms with Crippen LogP contribution < -0.4 is 14.8 Å². The lowest BCUT2D eigenvalue weighted by atomic mass is 9.82. The van der Waals surface area contributed by atoms with Gasteiger partial charge in [-0.2, -0.15) is 11.8 Å². The van der Waals surface area contributed by atoms with E-state index in [0.717, 1.165) is 22.9 Å². The van der Waals surface area contributed by atoms with Crippen LogP contribution >= 0.6 is 23.4 Å². The zero-order chi connectivity index (χ0) is 14.2. The van der Waals surface area contributed by atoms with E-state index in [1.807, 2.05) is 23.9 Å². The molecule has 1 atom stereocenters. The predicted octanol–water partition coefficient (Wildman–Crippen LogP) is 4.05. The molecule has 2 heterocycles. The highest BCUT2D eigenvalue weighted by Crippen LogP contribution is 2.41. The quantitative estimate of drug-likeness (QED) is 0.892. The Balaban J connectivity index is 1.83. The minimum atomic E-state index is 0.280. The first-order chi connectivity index (χ1) is 9.56. The van der Waals surface area contributed by atoms with Crippen molar-refractivity contribution in [3.8, 4) is 11.5 Å². The van der Waals surface area contributed by atoms with E-state index in [9.17, 15) is 0 Å². The van der Waals surface area contributed by atoms with Crippen molar-refractivity contribution in [3.05, 3.63) is 17.2 Å². The third-order valence-electron chi connectivity index (χ3n) is 4.08. The molecule has 2 aliphatic rings. The lowest BCUT2D eigenvalue weighted by molar-refractivity contribution is 0.171. The molecular weight excluding hydrogens is 294 g/mol. The molecule has 1 unspecified atom stereocenters. The Kier molecular flexibility index (Phi) is 3.95. The summed E-state index contributed by atoms with van der Waals surface area (Å²) in [4.78, 5) is 0. The van der Waals surface area contributed by atoms with E-state index in [1.54, 1.807) is 0 Å². The smallest absolute Gasteiger partial charge is 0.163 e. The van der Waals surface area contributed by atoms with Gasteiger partial charge in [0.2, 0.25) is 0 Å². The van der Waals surface area contributed by atoms with Crippen molar-refractivity contribution in [1.29, 1.82) is 0 Å². The van der Waals surface area contributed by atoms with Crippen LogP contribution in [0.3, 0.4) is 0 Å². The van der Waals surface area contributed by atoms with Crippen LogP contribution in [-0.2, 0) is 0 Å². The molecule has 5 heteroatoms. The minimum Gasteiger partial charge on any atom is -0.486 e. The number of halogens is 1. The number of hydrogen-bond acceptors (Lipinski definition) is 4. The Bertz CT molecular complexity index is 507. The predicted molar refractivity (Wildman–Crippen MR) is 85.6 cm³/mol. The first-order valence-corrected chi connectivity index (χ1v) is 8.53. The molecular formula is C15H20ClNO2S. The van der Waals surface area contributed by atoms with Gasteiger partial charge in [-0.1, -0.05) is 25.4 Å². The van der Waals surface area contributed by atoms with Gasteiger partial charge in [0, 0.05) is 23.9 Å². The Morgan fingerprint density at radius 1 is 1.25 bits per heavy atom. The summed E-state index contributed by atoms with van der Waals surface area (Å²) >= 11 is 8.37. The van der Waals surface area contributed by atoms with E-state index in [-0.39, 0.29) is 5.41 Å². The fourth-order valence-corrected chi connectivity index (χ4v) is 4.35. The van der Waals surface area contributed by atoms with Gasteiger partial charge in [0.25, 0.3) is 0 Å². The van der Waals surface area contributed by atoms with Crippen LogP contribution in [0.2, 0.25) is 5.02 Å². The number of ether oxygens (including phenoxy) is 2. The Hall–Kier alpha value is -0.740. The Morgan fingerprint density at radius 2 is 1.95 bits per heavy atom. The number of thioether (sulfide) groups is 1. The topological polar surface area (TPSA) is 30.5 Å². The second-order valence-corrected chi connectivity index (χ2v) is 7.54. The van der Waals surface area contributed by atoms with Crippen LogP contribution in [-0.4, -0.2) is 30.8 Å². The summed E-state index contributed by atoms with van der Waals surface area (Å²) in [6.07, 6.45) is 1.22. The van der Waals surface area contributed by atoms with Gasteiger partial charge < -0.3 is 14.8 Å². The van der Waals surface area contributed by atoms with E-state index in [0.29, 0.717) is 24.3 Å². The summed E-state index contributed by atoms with van der Waals surface area (Å²) in [6, 6.07) is 4.23. The molecule has 0 saturated carbocycles. The molecule has 0 aromatic heterocycles. The second-order valence-electron chi connectivity index (χ2n) is 5.99. The van der Waals surface area contributed by atoms with Crippen LogP contribution in [0.4, 0.5) is 5.69 Å². The lowest BCUT2D eigenvalue weighted by Gasteiger charge is -2.39. The van der Waals surface area contributed by atoms with E-state index in [1.165, 1.54) is 12.2 Å². The summed E-state index contributed by atoms with van der Waals surface area (Å²) in [7, 11) is 0. The average molecular weight is 314 g/mol. The SMILES string of the molecule is CC1(C)CCSCC1Nc1cc2c(cc1Cl)OCCO2. The number of rotatable bonds is 2. The molecule has 3 nitrogen and oxygen atoms in total. The van der Waals surface area contributed by atoms with Crippen molar-refractivity contribution < 1.29 is 9.47 Å². The highest BCUT2D eigenvalue weighted by molar-refractivity contribution is 7.99. The molecule has 0 aliphatic carbocycles. The zero-order valence-electron chi connectivity index (χ0n) is 11.9. The normalized spacial score (nSPS) is 24.2. The van der Waals surface area contributed by atoms with Crippen LogP contribution in [0.5, 0.6) is 11.5 Å². The molecule has 1 aromatic carbocycles. The van der Waals surface area contributed by atoms with Crippen LogP contribution in [0.1, 0.15) is 20.3 Å². The third kappa shape index (κ3) is 2.82. The summed E-state index contributed by atoms with van der Waals surface area (Å²) in [5, 5.41) is 4.30. The molecule has 1 N–H and O–H groups in total. The van der Waals surface area contributed by atoms with Gasteiger partial charge in [-0.05, 0) is 17.6 Å².